The zero-order chi connectivity index (χ0) is 19.5. The maximum atomic E-state index is 5.58. The molecule has 0 N–H and O–H groups in total. The van der Waals surface area contributed by atoms with Gasteiger partial charge in [-0.3, -0.25) is 0 Å². The van der Waals surface area contributed by atoms with Crippen molar-refractivity contribution in [2.75, 3.05) is 13.2 Å². The van der Waals surface area contributed by atoms with Crippen LogP contribution in [0.4, 0.5) is 0 Å². The second-order valence-electron chi connectivity index (χ2n) is 9.11. The van der Waals surface area contributed by atoms with E-state index in [4.69, 9.17) is 9.47 Å². The van der Waals surface area contributed by atoms with Gasteiger partial charge in [-0.15, -0.1) is 0 Å². The highest BCUT2D eigenvalue weighted by atomic mass is 16.5. The van der Waals surface area contributed by atoms with Crippen molar-refractivity contribution in [1.29, 1.82) is 0 Å². The van der Waals surface area contributed by atoms with Crippen LogP contribution in [0.2, 0.25) is 0 Å². The van der Waals surface area contributed by atoms with Gasteiger partial charge >= 0.3 is 0 Å². The monoisotopic (exact) mass is 358 g/mol. The third-order valence-electron chi connectivity index (χ3n) is 3.78. The van der Waals surface area contributed by atoms with Crippen LogP contribution in [-0.4, -0.2) is 13.2 Å². The van der Waals surface area contributed by atoms with Crippen molar-refractivity contribution in [2.45, 2.75) is 67.2 Å². The van der Waals surface area contributed by atoms with Crippen LogP contribution in [0.3, 0.4) is 0 Å². The van der Waals surface area contributed by atoms with Crippen LogP contribution in [0.5, 0.6) is 0 Å². The smallest absolute Gasteiger partial charge is 0.0876 e. The van der Waals surface area contributed by atoms with Crippen LogP contribution in [-0.2, 0) is 22.3 Å². The lowest BCUT2D eigenvalue weighted by atomic mass is 9.97. The van der Waals surface area contributed by atoms with Gasteiger partial charge in [0, 0.05) is 0 Å². The molecular formula is C24H38O2. The Kier molecular flexibility index (Phi) is 9.54. The van der Waals surface area contributed by atoms with Gasteiger partial charge in [-0.25, -0.2) is 0 Å². The molecule has 0 heterocycles. The van der Waals surface area contributed by atoms with E-state index in [2.05, 4.69) is 78.0 Å². The highest BCUT2D eigenvalue weighted by Crippen LogP contribution is 2.15. The van der Waals surface area contributed by atoms with Gasteiger partial charge < -0.3 is 9.47 Å². The Morgan fingerprint density at radius 1 is 0.731 bits per heavy atom. The fourth-order valence-electron chi connectivity index (χ4n) is 2.30. The molecule has 0 saturated carbocycles. The zero-order valence-corrected chi connectivity index (χ0v) is 17.7. The highest BCUT2D eigenvalue weighted by molar-refractivity contribution is 5.23. The van der Waals surface area contributed by atoms with Gasteiger partial charge in [0.05, 0.1) is 25.7 Å². The summed E-state index contributed by atoms with van der Waals surface area (Å²) in [6.45, 7) is 14.6. The average molecular weight is 359 g/mol. The molecule has 146 valence electrons. The summed E-state index contributed by atoms with van der Waals surface area (Å²) in [5, 5.41) is 0. The zero-order valence-electron chi connectivity index (χ0n) is 17.7. The van der Waals surface area contributed by atoms with Gasteiger partial charge in [0.2, 0.25) is 0 Å². The lowest BCUT2D eigenvalue weighted by Crippen LogP contribution is -2.00. The van der Waals surface area contributed by atoms with Crippen LogP contribution < -0.4 is 0 Å². The van der Waals surface area contributed by atoms with Gasteiger partial charge in [-0.1, -0.05) is 65.8 Å². The van der Waals surface area contributed by atoms with Crippen molar-refractivity contribution in [2.24, 2.45) is 10.8 Å². The van der Waals surface area contributed by atoms with E-state index >= 15 is 0 Å². The number of hydrogen-bond donors (Lipinski definition) is 0. The lowest BCUT2D eigenvalue weighted by molar-refractivity contribution is 0.240. The van der Waals surface area contributed by atoms with Crippen molar-refractivity contribution in [3.8, 4) is 0 Å². The average Bonchev–Trinajstić information content (AvgIpc) is 2.52. The van der Waals surface area contributed by atoms with E-state index in [0.717, 1.165) is 38.9 Å². The number of aryl methyl sites for hydroxylation is 2. The molecule has 0 bridgehead atoms. The number of hydrogen-bond acceptors (Lipinski definition) is 2. The van der Waals surface area contributed by atoms with Crippen molar-refractivity contribution in [3.63, 3.8) is 0 Å². The van der Waals surface area contributed by atoms with E-state index in [9.17, 15) is 0 Å². The molecule has 0 spiro atoms. The van der Waals surface area contributed by atoms with Gasteiger partial charge in [0.1, 0.15) is 0 Å². The van der Waals surface area contributed by atoms with Crippen molar-refractivity contribution in [1.82, 2.24) is 0 Å². The first kappa shape index (κ1) is 22.3. The van der Waals surface area contributed by atoms with Crippen molar-refractivity contribution >= 4 is 0 Å². The molecule has 1 aromatic rings. The number of rotatable bonds is 10. The van der Waals surface area contributed by atoms with Gasteiger partial charge in [0.15, 0.2) is 0 Å². The van der Waals surface area contributed by atoms with E-state index in [0.29, 0.717) is 0 Å². The molecule has 0 amide bonds. The molecule has 0 aliphatic heterocycles. The van der Waals surface area contributed by atoms with Gasteiger partial charge in [0.25, 0.3) is 0 Å². The maximum Gasteiger partial charge on any atom is 0.0876 e. The van der Waals surface area contributed by atoms with E-state index in [-0.39, 0.29) is 10.8 Å². The van der Waals surface area contributed by atoms with E-state index in [1.165, 1.54) is 11.1 Å². The second kappa shape index (κ2) is 11.1. The standard InChI is InChI=1S/C24H38O2/c1-23(2,3)14-18-25-16-8-12-21-10-7-11-22(20-21)13-9-17-26-19-15-24(4,5)6/h7,10-11,14-15,18-20H,8-9,12-13,16-17H2,1-6H3. The van der Waals surface area contributed by atoms with Crippen LogP contribution in [0, 0.1) is 10.8 Å². The summed E-state index contributed by atoms with van der Waals surface area (Å²) in [5.41, 5.74) is 3.14. The minimum atomic E-state index is 0.181. The second-order valence-corrected chi connectivity index (χ2v) is 9.11. The third-order valence-corrected chi connectivity index (χ3v) is 3.78. The predicted octanol–water partition coefficient (Wildman–Crippen LogP) is 6.70. The summed E-state index contributed by atoms with van der Waals surface area (Å²) >= 11 is 0. The maximum absolute atomic E-state index is 5.58. The summed E-state index contributed by atoms with van der Waals surface area (Å²) in [6.07, 6.45) is 12.1. The van der Waals surface area contributed by atoms with Gasteiger partial charge in [-0.05, 0) is 59.8 Å². The molecule has 0 radical (unpaired) electrons. The molecule has 0 fully saturated rings. The summed E-state index contributed by atoms with van der Waals surface area (Å²) in [6, 6.07) is 8.88. The molecule has 0 saturated heterocycles. The summed E-state index contributed by atoms with van der Waals surface area (Å²) in [5.74, 6) is 0. The number of benzene rings is 1. The van der Waals surface area contributed by atoms with Crippen molar-refractivity contribution in [3.05, 3.63) is 60.1 Å². The summed E-state index contributed by atoms with van der Waals surface area (Å²) < 4.78 is 11.2. The SMILES string of the molecule is CC(C)(C)C=COCCCc1cccc(CCCOC=CC(C)(C)C)c1. The van der Waals surface area contributed by atoms with Crippen LogP contribution in [0.1, 0.15) is 65.5 Å². The van der Waals surface area contributed by atoms with E-state index in [1.807, 2.05) is 12.5 Å². The Labute approximate surface area is 161 Å². The highest BCUT2D eigenvalue weighted by Gasteiger charge is 2.04. The van der Waals surface area contributed by atoms with Gasteiger partial charge in [-0.2, -0.15) is 0 Å². The molecule has 0 aliphatic rings. The Morgan fingerprint density at radius 2 is 1.15 bits per heavy atom. The predicted molar refractivity (Wildman–Crippen MR) is 112 cm³/mol. The molecule has 0 aromatic heterocycles. The normalized spacial score (nSPS) is 12.8. The quantitative estimate of drug-likeness (QED) is 0.342. The molecule has 1 rings (SSSR count). The molecule has 2 nitrogen and oxygen atoms in total. The largest absolute Gasteiger partial charge is 0.501 e. The van der Waals surface area contributed by atoms with Crippen molar-refractivity contribution < 1.29 is 9.47 Å². The first-order chi connectivity index (χ1) is 12.2. The third kappa shape index (κ3) is 12.6. The fourth-order valence-corrected chi connectivity index (χ4v) is 2.30. The molecule has 0 unspecified atom stereocenters. The first-order valence-corrected chi connectivity index (χ1v) is 9.82. The Hall–Kier alpha value is -1.70. The fraction of sp³-hybridized carbons (Fsp3) is 0.583. The van der Waals surface area contributed by atoms with E-state index in [1.54, 1.807) is 0 Å². The summed E-state index contributed by atoms with van der Waals surface area (Å²) in [4.78, 5) is 0. The molecule has 0 aliphatic carbocycles. The number of ether oxygens (including phenoxy) is 2. The minimum absolute atomic E-state index is 0.181. The topological polar surface area (TPSA) is 18.5 Å². The van der Waals surface area contributed by atoms with E-state index < -0.39 is 0 Å². The molecular weight excluding hydrogens is 320 g/mol. The van der Waals surface area contributed by atoms with Crippen LogP contribution in [0.15, 0.2) is 48.9 Å². The molecule has 1 aromatic carbocycles. The van der Waals surface area contributed by atoms with Crippen LogP contribution >= 0.6 is 0 Å². The minimum Gasteiger partial charge on any atom is -0.501 e. The lowest BCUT2D eigenvalue weighted by Gasteiger charge is -2.11. The number of allylic oxidation sites excluding steroid dienone is 2. The Bertz CT molecular complexity index is 509. The molecule has 0 atom stereocenters. The molecule has 2 heteroatoms. The Morgan fingerprint density at radius 3 is 1.54 bits per heavy atom. The molecule has 26 heavy (non-hydrogen) atoms. The Balaban J connectivity index is 2.24. The van der Waals surface area contributed by atoms with Crippen LogP contribution in [0.25, 0.3) is 0 Å². The summed E-state index contributed by atoms with van der Waals surface area (Å²) in [7, 11) is 0. The first-order valence-electron chi connectivity index (χ1n) is 9.82.